The second-order valence-corrected chi connectivity index (χ2v) is 6.53. The van der Waals surface area contributed by atoms with Gasteiger partial charge < -0.3 is 5.32 Å². The molecule has 0 unspecified atom stereocenters. The van der Waals surface area contributed by atoms with Crippen LogP contribution < -0.4 is 10.2 Å². The Morgan fingerprint density at radius 3 is 2.59 bits per heavy atom. The lowest BCUT2D eigenvalue weighted by Gasteiger charge is -2.20. The number of nitrogens with one attached hydrogen (secondary N) is 1. The van der Waals surface area contributed by atoms with Crippen LogP contribution in [0.2, 0.25) is 5.02 Å². The SMILES string of the molecule is O=C(CN1N=N[C@@H]2C(=O)N(c3cccc(Cl)c3)C(=O)[C@H]21)Nc1ccccc1. The molecule has 0 spiro atoms. The molecular weight excluding hydrogens is 370 g/mol. The molecule has 0 aromatic heterocycles. The van der Waals surface area contributed by atoms with Crippen LogP contribution in [0.15, 0.2) is 64.9 Å². The predicted molar refractivity (Wildman–Crippen MR) is 98.2 cm³/mol. The van der Waals surface area contributed by atoms with Crippen LogP contribution in [0.5, 0.6) is 0 Å². The molecule has 1 saturated heterocycles. The Morgan fingerprint density at radius 1 is 1.07 bits per heavy atom. The number of carbonyl (C=O) groups is 3. The van der Waals surface area contributed by atoms with Crippen molar-refractivity contribution in [3.63, 3.8) is 0 Å². The highest BCUT2D eigenvalue weighted by Gasteiger charge is 2.55. The number of imide groups is 1. The largest absolute Gasteiger partial charge is 0.324 e. The number of benzene rings is 2. The molecule has 2 heterocycles. The van der Waals surface area contributed by atoms with E-state index in [0.717, 1.165) is 4.90 Å². The van der Waals surface area contributed by atoms with Gasteiger partial charge in [0.05, 0.1) is 5.69 Å². The molecule has 2 aromatic carbocycles. The minimum absolute atomic E-state index is 0.192. The van der Waals surface area contributed by atoms with E-state index in [-0.39, 0.29) is 12.5 Å². The van der Waals surface area contributed by atoms with Crippen molar-refractivity contribution in [3.05, 3.63) is 59.6 Å². The lowest BCUT2D eigenvalue weighted by atomic mass is 10.1. The van der Waals surface area contributed by atoms with E-state index in [1.54, 1.807) is 42.5 Å². The van der Waals surface area contributed by atoms with E-state index < -0.39 is 23.9 Å². The highest BCUT2D eigenvalue weighted by Crippen LogP contribution is 2.32. The van der Waals surface area contributed by atoms with Gasteiger partial charge in [-0.3, -0.25) is 19.4 Å². The van der Waals surface area contributed by atoms with Crippen LogP contribution >= 0.6 is 11.6 Å². The van der Waals surface area contributed by atoms with Gasteiger partial charge in [0.2, 0.25) is 5.91 Å². The van der Waals surface area contributed by atoms with E-state index >= 15 is 0 Å². The minimum Gasteiger partial charge on any atom is -0.324 e. The Balaban J connectivity index is 1.50. The van der Waals surface area contributed by atoms with E-state index in [1.165, 1.54) is 11.1 Å². The average molecular weight is 384 g/mol. The van der Waals surface area contributed by atoms with Crippen molar-refractivity contribution in [2.45, 2.75) is 12.1 Å². The van der Waals surface area contributed by atoms with Crippen molar-refractivity contribution in [3.8, 4) is 0 Å². The number of rotatable bonds is 4. The molecule has 2 atom stereocenters. The summed E-state index contributed by atoms with van der Waals surface area (Å²) in [5, 5.41) is 12.1. The monoisotopic (exact) mass is 383 g/mol. The summed E-state index contributed by atoms with van der Waals surface area (Å²) >= 11 is 5.96. The summed E-state index contributed by atoms with van der Waals surface area (Å²) in [5.74, 6) is -1.32. The van der Waals surface area contributed by atoms with Crippen molar-refractivity contribution in [1.82, 2.24) is 5.01 Å². The highest BCUT2D eigenvalue weighted by atomic mass is 35.5. The number of para-hydroxylation sites is 1. The molecule has 0 radical (unpaired) electrons. The van der Waals surface area contributed by atoms with E-state index in [9.17, 15) is 14.4 Å². The van der Waals surface area contributed by atoms with Crippen LogP contribution in [-0.4, -0.2) is 41.4 Å². The van der Waals surface area contributed by atoms with Gasteiger partial charge in [0, 0.05) is 10.7 Å². The van der Waals surface area contributed by atoms with Crippen molar-refractivity contribution in [1.29, 1.82) is 0 Å². The fourth-order valence-electron chi connectivity index (χ4n) is 3.09. The summed E-state index contributed by atoms with van der Waals surface area (Å²) in [4.78, 5) is 38.7. The summed E-state index contributed by atoms with van der Waals surface area (Å²) in [6.07, 6.45) is 0. The topological polar surface area (TPSA) is 94.4 Å². The minimum atomic E-state index is -0.957. The lowest BCUT2D eigenvalue weighted by molar-refractivity contribution is -0.123. The quantitative estimate of drug-likeness (QED) is 0.819. The zero-order chi connectivity index (χ0) is 19.0. The molecule has 2 aliphatic heterocycles. The molecule has 0 saturated carbocycles. The summed E-state index contributed by atoms with van der Waals surface area (Å²) in [7, 11) is 0. The average Bonchev–Trinajstić information content (AvgIpc) is 3.16. The van der Waals surface area contributed by atoms with Crippen molar-refractivity contribution in [2.75, 3.05) is 16.8 Å². The van der Waals surface area contributed by atoms with Crippen LogP contribution in [0.25, 0.3) is 0 Å². The van der Waals surface area contributed by atoms with Crippen LogP contribution in [-0.2, 0) is 14.4 Å². The van der Waals surface area contributed by atoms with Crippen LogP contribution in [0.3, 0.4) is 0 Å². The summed E-state index contributed by atoms with van der Waals surface area (Å²) in [6.45, 7) is -0.192. The number of hydrogen-bond acceptors (Lipinski definition) is 6. The van der Waals surface area contributed by atoms with E-state index in [2.05, 4.69) is 15.7 Å². The van der Waals surface area contributed by atoms with Gasteiger partial charge in [-0.05, 0) is 30.3 Å². The standard InChI is InChI=1S/C18H14ClN5O3/c19-11-5-4-8-13(9-11)24-17(26)15-16(18(24)27)23(22-21-15)10-14(25)20-12-6-2-1-3-7-12/h1-9,15-16H,10H2,(H,20,25)/t15-,16-/m0/s1. The van der Waals surface area contributed by atoms with Crippen LogP contribution in [0.1, 0.15) is 0 Å². The third-order valence-corrected chi connectivity index (χ3v) is 4.52. The third-order valence-electron chi connectivity index (χ3n) is 4.29. The maximum atomic E-state index is 12.8. The van der Waals surface area contributed by atoms with Gasteiger partial charge in [0.15, 0.2) is 12.1 Å². The number of anilines is 2. The first-order chi connectivity index (χ1) is 13.0. The first-order valence-electron chi connectivity index (χ1n) is 8.20. The molecule has 2 aliphatic rings. The molecule has 4 rings (SSSR count). The first kappa shape index (κ1) is 17.2. The number of fused-ring (bicyclic) bond motifs is 1. The van der Waals surface area contributed by atoms with Gasteiger partial charge in [-0.1, -0.05) is 41.1 Å². The Morgan fingerprint density at radius 2 is 1.85 bits per heavy atom. The van der Waals surface area contributed by atoms with Gasteiger partial charge in [0.25, 0.3) is 11.8 Å². The second-order valence-electron chi connectivity index (χ2n) is 6.10. The van der Waals surface area contributed by atoms with Crippen molar-refractivity contribution >= 4 is 40.7 Å². The normalized spacial score (nSPS) is 20.9. The summed E-state index contributed by atoms with van der Waals surface area (Å²) in [6, 6.07) is 13.5. The molecule has 27 heavy (non-hydrogen) atoms. The summed E-state index contributed by atoms with van der Waals surface area (Å²) in [5.41, 5.74) is 1.00. The summed E-state index contributed by atoms with van der Waals surface area (Å²) < 4.78 is 0. The maximum absolute atomic E-state index is 12.8. The molecule has 1 N–H and O–H groups in total. The number of amides is 3. The van der Waals surface area contributed by atoms with Crippen molar-refractivity contribution < 1.29 is 14.4 Å². The number of halogens is 1. The van der Waals surface area contributed by atoms with Gasteiger partial charge in [-0.25, -0.2) is 4.90 Å². The molecule has 136 valence electrons. The molecule has 0 bridgehead atoms. The van der Waals surface area contributed by atoms with Crippen LogP contribution in [0, 0.1) is 0 Å². The van der Waals surface area contributed by atoms with Crippen molar-refractivity contribution in [2.24, 2.45) is 10.3 Å². The molecular formula is C18H14ClN5O3. The Labute approximate surface area is 159 Å². The van der Waals surface area contributed by atoms with E-state index in [0.29, 0.717) is 16.4 Å². The fraction of sp³-hybridized carbons (Fsp3) is 0.167. The zero-order valence-electron chi connectivity index (χ0n) is 13.9. The Bertz CT molecular complexity index is 949. The molecule has 2 aromatic rings. The predicted octanol–water partition coefficient (Wildman–Crippen LogP) is 2.27. The molecule has 3 amide bonds. The smallest absolute Gasteiger partial charge is 0.263 e. The fourth-order valence-corrected chi connectivity index (χ4v) is 3.28. The Hall–Kier alpha value is -3.26. The van der Waals surface area contributed by atoms with Gasteiger partial charge in [-0.15, -0.1) is 0 Å². The maximum Gasteiger partial charge on any atom is 0.263 e. The van der Waals surface area contributed by atoms with E-state index in [4.69, 9.17) is 11.6 Å². The van der Waals surface area contributed by atoms with Gasteiger partial charge in [0.1, 0.15) is 6.54 Å². The third kappa shape index (κ3) is 3.15. The number of carbonyl (C=O) groups excluding carboxylic acids is 3. The zero-order valence-corrected chi connectivity index (χ0v) is 14.7. The van der Waals surface area contributed by atoms with Gasteiger partial charge in [-0.2, -0.15) is 5.11 Å². The Kier molecular flexibility index (Phi) is 4.33. The second kappa shape index (κ2) is 6.81. The first-order valence-corrected chi connectivity index (χ1v) is 8.58. The molecule has 1 fully saturated rings. The number of nitrogens with zero attached hydrogens (tertiary/aromatic N) is 4. The van der Waals surface area contributed by atoms with Crippen LogP contribution in [0.4, 0.5) is 11.4 Å². The molecule has 9 heteroatoms. The highest BCUT2D eigenvalue weighted by molar-refractivity contribution is 6.31. The molecule has 0 aliphatic carbocycles. The molecule has 8 nitrogen and oxygen atoms in total. The lowest BCUT2D eigenvalue weighted by Crippen LogP contribution is -2.43. The van der Waals surface area contributed by atoms with E-state index in [1.807, 2.05) is 6.07 Å². The number of hydrogen-bond donors (Lipinski definition) is 1. The van der Waals surface area contributed by atoms with Gasteiger partial charge >= 0.3 is 0 Å².